The fourth-order valence-electron chi connectivity index (χ4n) is 2.91. The number of benzene rings is 2. The van der Waals surface area contributed by atoms with E-state index < -0.39 is 0 Å². The van der Waals surface area contributed by atoms with E-state index in [2.05, 4.69) is 31.3 Å². The molecule has 3 heteroatoms. The van der Waals surface area contributed by atoms with Gasteiger partial charge in [0, 0.05) is 13.2 Å². The summed E-state index contributed by atoms with van der Waals surface area (Å²) in [6.07, 6.45) is 2.76. The third-order valence-corrected chi connectivity index (χ3v) is 4.35. The van der Waals surface area contributed by atoms with Crippen molar-refractivity contribution in [3.63, 3.8) is 0 Å². The van der Waals surface area contributed by atoms with Gasteiger partial charge in [-0.3, -0.25) is 4.79 Å². The molecule has 0 saturated carbocycles. The van der Waals surface area contributed by atoms with Crippen LogP contribution < -0.4 is 5.32 Å². The summed E-state index contributed by atoms with van der Waals surface area (Å²) in [5.74, 6) is 0.0551. The first-order valence-corrected chi connectivity index (χ1v) is 9.21. The molecule has 0 heterocycles. The SMILES string of the molecule is CCCC(C(=O)NCCCOC(C)c1ccccc1)c1ccccc1. The monoisotopic (exact) mass is 339 g/mol. The van der Waals surface area contributed by atoms with E-state index in [4.69, 9.17) is 4.74 Å². The van der Waals surface area contributed by atoms with E-state index >= 15 is 0 Å². The van der Waals surface area contributed by atoms with Gasteiger partial charge in [-0.25, -0.2) is 0 Å². The maximum absolute atomic E-state index is 12.5. The van der Waals surface area contributed by atoms with Crippen LogP contribution in [0.15, 0.2) is 60.7 Å². The highest BCUT2D eigenvalue weighted by molar-refractivity contribution is 5.83. The fourth-order valence-corrected chi connectivity index (χ4v) is 2.91. The molecule has 1 amide bonds. The number of rotatable bonds is 10. The molecule has 0 aliphatic heterocycles. The first-order chi connectivity index (χ1) is 12.2. The molecule has 2 aromatic carbocycles. The van der Waals surface area contributed by atoms with Crippen molar-refractivity contribution in [2.75, 3.05) is 13.2 Å². The van der Waals surface area contributed by atoms with Crippen LogP contribution in [0.1, 0.15) is 56.3 Å². The molecular weight excluding hydrogens is 310 g/mol. The van der Waals surface area contributed by atoms with Crippen molar-refractivity contribution in [1.82, 2.24) is 5.32 Å². The molecule has 0 spiro atoms. The van der Waals surface area contributed by atoms with Crippen LogP contribution in [0.3, 0.4) is 0 Å². The summed E-state index contributed by atoms with van der Waals surface area (Å²) in [5.41, 5.74) is 2.27. The van der Waals surface area contributed by atoms with Crippen molar-refractivity contribution in [3.8, 4) is 0 Å². The molecule has 2 rings (SSSR count). The molecule has 0 aliphatic carbocycles. The van der Waals surface area contributed by atoms with Crippen molar-refractivity contribution in [3.05, 3.63) is 71.8 Å². The Labute approximate surface area is 151 Å². The first kappa shape index (κ1) is 19.2. The van der Waals surface area contributed by atoms with Gasteiger partial charge in [-0.15, -0.1) is 0 Å². The van der Waals surface area contributed by atoms with Crippen molar-refractivity contribution in [2.45, 2.75) is 45.1 Å². The Hall–Kier alpha value is -2.13. The Morgan fingerprint density at radius 3 is 2.20 bits per heavy atom. The van der Waals surface area contributed by atoms with Crippen LogP contribution in [0.5, 0.6) is 0 Å². The summed E-state index contributed by atoms with van der Waals surface area (Å²) >= 11 is 0. The molecule has 0 saturated heterocycles. The summed E-state index contributed by atoms with van der Waals surface area (Å²) in [7, 11) is 0. The molecule has 0 aromatic heterocycles. The van der Waals surface area contributed by atoms with E-state index in [-0.39, 0.29) is 17.9 Å². The van der Waals surface area contributed by atoms with E-state index in [0.717, 1.165) is 24.8 Å². The van der Waals surface area contributed by atoms with Crippen LogP contribution in [0.2, 0.25) is 0 Å². The second-order valence-corrected chi connectivity index (χ2v) is 6.32. The normalized spacial score (nSPS) is 13.2. The van der Waals surface area contributed by atoms with Crippen LogP contribution in [0.4, 0.5) is 0 Å². The standard InChI is InChI=1S/C22H29NO2/c1-3-11-21(20-14-8-5-9-15-20)22(24)23-16-10-17-25-18(2)19-12-6-4-7-13-19/h4-9,12-15,18,21H,3,10-11,16-17H2,1-2H3,(H,23,24). The van der Waals surface area contributed by atoms with Crippen LogP contribution >= 0.6 is 0 Å². The lowest BCUT2D eigenvalue weighted by molar-refractivity contribution is -0.122. The van der Waals surface area contributed by atoms with Gasteiger partial charge in [0.1, 0.15) is 0 Å². The smallest absolute Gasteiger partial charge is 0.227 e. The van der Waals surface area contributed by atoms with Gasteiger partial charge < -0.3 is 10.1 Å². The van der Waals surface area contributed by atoms with Gasteiger partial charge in [-0.2, -0.15) is 0 Å². The molecular formula is C22H29NO2. The van der Waals surface area contributed by atoms with Crippen LogP contribution in [-0.4, -0.2) is 19.1 Å². The van der Waals surface area contributed by atoms with Crippen LogP contribution in [0, 0.1) is 0 Å². The lowest BCUT2D eigenvalue weighted by Crippen LogP contribution is -2.30. The zero-order valence-electron chi connectivity index (χ0n) is 15.3. The predicted octanol–water partition coefficient (Wildman–Crippen LogP) is 4.85. The van der Waals surface area contributed by atoms with Gasteiger partial charge in [-0.1, -0.05) is 74.0 Å². The van der Waals surface area contributed by atoms with Crippen LogP contribution in [0.25, 0.3) is 0 Å². The van der Waals surface area contributed by atoms with Crippen molar-refractivity contribution < 1.29 is 9.53 Å². The minimum Gasteiger partial charge on any atom is -0.374 e. The summed E-state index contributed by atoms with van der Waals surface area (Å²) < 4.78 is 5.85. The molecule has 0 radical (unpaired) electrons. The molecule has 25 heavy (non-hydrogen) atoms. The maximum Gasteiger partial charge on any atom is 0.227 e. The maximum atomic E-state index is 12.5. The number of hydrogen-bond donors (Lipinski definition) is 1. The minimum absolute atomic E-state index is 0.0599. The van der Waals surface area contributed by atoms with Crippen LogP contribution in [-0.2, 0) is 9.53 Å². The number of nitrogens with one attached hydrogen (secondary N) is 1. The summed E-state index contributed by atoms with van der Waals surface area (Å²) in [6, 6.07) is 20.2. The number of ether oxygens (including phenoxy) is 1. The highest BCUT2D eigenvalue weighted by Crippen LogP contribution is 2.21. The molecule has 134 valence electrons. The van der Waals surface area contributed by atoms with Gasteiger partial charge in [0.15, 0.2) is 0 Å². The van der Waals surface area contributed by atoms with E-state index in [1.165, 1.54) is 5.56 Å². The Balaban J connectivity index is 1.72. The van der Waals surface area contributed by atoms with Crippen molar-refractivity contribution in [1.29, 1.82) is 0 Å². The summed E-state index contributed by atoms with van der Waals surface area (Å²) in [4.78, 5) is 12.5. The van der Waals surface area contributed by atoms with Gasteiger partial charge >= 0.3 is 0 Å². The highest BCUT2D eigenvalue weighted by atomic mass is 16.5. The number of amides is 1. The lowest BCUT2D eigenvalue weighted by Gasteiger charge is -2.17. The second-order valence-electron chi connectivity index (χ2n) is 6.32. The third-order valence-electron chi connectivity index (χ3n) is 4.35. The van der Waals surface area contributed by atoms with Crippen molar-refractivity contribution >= 4 is 5.91 Å². The molecule has 2 aromatic rings. The largest absolute Gasteiger partial charge is 0.374 e. The van der Waals surface area contributed by atoms with E-state index in [1.807, 2.05) is 48.5 Å². The van der Waals surface area contributed by atoms with E-state index in [0.29, 0.717) is 13.2 Å². The van der Waals surface area contributed by atoms with Crippen molar-refractivity contribution in [2.24, 2.45) is 0 Å². The molecule has 0 bridgehead atoms. The van der Waals surface area contributed by atoms with Gasteiger partial charge in [-0.05, 0) is 30.9 Å². The topological polar surface area (TPSA) is 38.3 Å². The Morgan fingerprint density at radius 2 is 1.60 bits per heavy atom. The summed E-state index contributed by atoms with van der Waals surface area (Å²) in [6.45, 7) is 5.45. The molecule has 0 aliphatic rings. The molecule has 2 unspecified atom stereocenters. The Kier molecular flexibility index (Phi) is 8.20. The number of hydrogen-bond acceptors (Lipinski definition) is 2. The van der Waals surface area contributed by atoms with E-state index in [1.54, 1.807) is 0 Å². The lowest BCUT2D eigenvalue weighted by atomic mass is 9.93. The van der Waals surface area contributed by atoms with Gasteiger partial charge in [0.25, 0.3) is 0 Å². The molecule has 1 N–H and O–H groups in total. The zero-order valence-corrected chi connectivity index (χ0v) is 15.3. The first-order valence-electron chi connectivity index (χ1n) is 9.21. The van der Waals surface area contributed by atoms with Gasteiger partial charge in [0.2, 0.25) is 5.91 Å². The molecule has 3 nitrogen and oxygen atoms in total. The quantitative estimate of drug-likeness (QED) is 0.628. The molecule has 2 atom stereocenters. The van der Waals surface area contributed by atoms with E-state index in [9.17, 15) is 4.79 Å². The summed E-state index contributed by atoms with van der Waals surface area (Å²) in [5, 5.41) is 3.06. The molecule has 0 fully saturated rings. The average Bonchev–Trinajstić information content (AvgIpc) is 2.67. The highest BCUT2D eigenvalue weighted by Gasteiger charge is 2.18. The number of carbonyl (C=O) groups is 1. The average molecular weight is 339 g/mol. The minimum atomic E-state index is -0.0599. The third kappa shape index (κ3) is 6.35. The Morgan fingerprint density at radius 1 is 1.00 bits per heavy atom. The number of carbonyl (C=O) groups excluding carboxylic acids is 1. The second kappa shape index (κ2) is 10.7. The Bertz CT molecular complexity index is 612. The fraction of sp³-hybridized carbons (Fsp3) is 0.409. The van der Waals surface area contributed by atoms with Gasteiger partial charge in [0.05, 0.1) is 12.0 Å². The zero-order chi connectivity index (χ0) is 17.9. The predicted molar refractivity (Wildman–Crippen MR) is 103 cm³/mol.